The zero-order valence-electron chi connectivity index (χ0n) is 15.1. The minimum Gasteiger partial charge on any atom is -0.490 e. The lowest BCUT2D eigenvalue weighted by Crippen LogP contribution is -2.22. The Kier molecular flexibility index (Phi) is 4.78. The Morgan fingerprint density at radius 3 is 2.86 bits per heavy atom. The van der Waals surface area contributed by atoms with Gasteiger partial charge >= 0.3 is 5.97 Å². The van der Waals surface area contributed by atoms with Crippen LogP contribution in [0, 0.1) is 0 Å². The molecular formula is C20H15ClN2O4S. The van der Waals surface area contributed by atoms with Crippen molar-refractivity contribution in [1.29, 1.82) is 0 Å². The normalized spacial score (nSPS) is 12.0. The van der Waals surface area contributed by atoms with Gasteiger partial charge in [-0.2, -0.15) is 0 Å². The molecule has 0 atom stereocenters. The Morgan fingerprint density at radius 1 is 1.32 bits per heavy atom. The Bertz CT molecular complexity index is 1330. The maximum absolute atomic E-state index is 12.9. The SMILES string of the molecule is CCOc1cc(/C=c2/sc3nc4ccccc4n3c2=O)cc(Cl)c1OC(C)=O. The van der Waals surface area contributed by atoms with Crippen LogP contribution in [-0.2, 0) is 4.79 Å². The number of ether oxygens (including phenoxy) is 2. The van der Waals surface area contributed by atoms with Crippen molar-refractivity contribution in [3.8, 4) is 11.5 Å². The predicted molar refractivity (Wildman–Crippen MR) is 110 cm³/mol. The lowest BCUT2D eigenvalue weighted by molar-refractivity contribution is -0.132. The molecule has 2 aromatic carbocycles. The van der Waals surface area contributed by atoms with Crippen molar-refractivity contribution in [1.82, 2.24) is 9.38 Å². The zero-order valence-corrected chi connectivity index (χ0v) is 16.6. The first kappa shape index (κ1) is 18.5. The summed E-state index contributed by atoms with van der Waals surface area (Å²) in [5.74, 6) is 0.0194. The van der Waals surface area contributed by atoms with E-state index in [0.29, 0.717) is 27.4 Å². The maximum Gasteiger partial charge on any atom is 0.308 e. The van der Waals surface area contributed by atoms with Gasteiger partial charge in [-0.1, -0.05) is 35.1 Å². The zero-order chi connectivity index (χ0) is 19.8. The first-order valence-corrected chi connectivity index (χ1v) is 9.74. The van der Waals surface area contributed by atoms with Crippen LogP contribution >= 0.6 is 22.9 Å². The molecule has 6 nitrogen and oxygen atoms in total. The summed E-state index contributed by atoms with van der Waals surface area (Å²) in [5, 5.41) is 0.228. The number of thiazole rings is 1. The van der Waals surface area contributed by atoms with E-state index < -0.39 is 5.97 Å². The molecule has 2 heterocycles. The number of halogens is 1. The number of rotatable bonds is 4. The van der Waals surface area contributed by atoms with Gasteiger partial charge < -0.3 is 9.47 Å². The van der Waals surface area contributed by atoms with E-state index in [1.54, 1.807) is 22.6 Å². The van der Waals surface area contributed by atoms with Crippen molar-refractivity contribution in [3.63, 3.8) is 0 Å². The van der Waals surface area contributed by atoms with Crippen LogP contribution in [0.4, 0.5) is 0 Å². The van der Waals surface area contributed by atoms with Crippen LogP contribution in [0.3, 0.4) is 0 Å². The quantitative estimate of drug-likeness (QED) is 0.378. The summed E-state index contributed by atoms with van der Waals surface area (Å²) in [5.41, 5.74) is 2.07. The lowest BCUT2D eigenvalue weighted by atomic mass is 10.2. The highest BCUT2D eigenvalue weighted by Gasteiger charge is 2.15. The summed E-state index contributed by atoms with van der Waals surface area (Å²) in [6.07, 6.45) is 1.72. The van der Waals surface area contributed by atoms with Crippen LogP contribution in [0.15, 0.2) is 41.2 Å². The molecule has 0 N–H and O–H groups in total. The van der Waals surface area contributed by atoms with Gasteiger partial charge in [-0.25, -0.2) is 9.38 Å². The fourth-order valence-electron chi connectivity index (χ4n) is 2.94. The fraction of sp³-hybridized carbons (Fsp3) is 0.150. The van der Waals surface area contributed by atoms with Gasteiger partial charge in [-0.3, -0.25) is 9.59 Å². The van der Waals surface area contributed by atoms with Gasteiger partial charge in [0.2, 0.25) is 0 Å². The average molecular weight is 415 g/mol. The van der Waals surface area contributed by atoms with Crippen LogP contribution in [0.1, 0.15) is 19.4 Å². The molecule has 0 aliphatic heterocycles. The van der Waals surface area contributed by atoms with Crippen LogP contribution in [0.5, 0.6) is 11.5 Å². The number of hydrogen-bond acceptors (Lipinski definition) is 6. The van der Waals surface area contributed by atoms with E-state index in [1.807, 2.05) is 31.2 Å². The van der Waals surface area contributed by atoms with Gasteiger partial charge in [-0.05, 0) is 42.8 Å². The van der Waals surface area contributed by atoms with Crippen LogP contribution in [0.2, 0.25) is 5.02 Å². The molecule has 0 unspecified atom stereocenters. The molecule has 0 radical (unpaired) electrons. The lowest BCUT2D eigenvalue weighted by Gasteiger charge is -2.12. The number of imidazole rings is 1. The van der Waals surface area contributed by atoms with E-state index in [4.69, 9.17) is 21.1 Å². The second-order valence-corrected chi connectivity index (χ2v) is 7.41. The molecule has 0 saturated heterocycles. The van der Waals surface area contributed by atoms with Crippen LogP contribution < -0.4 is 19.6 Å². The van der Waals surface area contributed by atoms with Crippen molar-refractivity contribution >= 4 is 51.0 Å². The molecule has 28 heavy (non-hydrogen) atoms. The van der Waals surface area contributed by atoms with Gasteiger partial charge in [0.1, 0.15) is 0 Å². The van der Waals surface area contributed by atoms with Crippen molar-refractivity contribution < 1.29 is 14.3 Å². The van der Waals surface area contributed by atoms with Crippen LogP contribution in [0.25, 0.3) is 22.1 Å². The first-order chi connectivity index (χ1) is 13.5. The maximum atomic E-state index is 12.9. The summed E-state index contributed by atoms with van der Waals surface area (Å²) < 4.78 is 12.8. The van der Waals surface area contributed by atoms with Gasteiger partial charge in [-0.15, -0.1) is 0 Å². The highest BCUT2D eigenvalue weighted by Crippen LogP contribution is 2.37. The Hall–Kier alpha value is -2.90. The summed E-state index contributed by atoms with van der Waals surface area (Å²) >= 11 is 7.59. The van der Waals surface area contributed by atoms with Crippen LogP contribution in [-0.4, -0.2) is 22.0 Å². The average Bonchev–Trinajstić information content (AvgIpc) is 3.15. The Morgan fingerprint density at radius 2 is 2.11 bits per heavy atom. The summed E-state index contributed by atoms with van der Waals surface area (Å²) in [7, 11) is 0. The number of hydrogen-bond donors (Lipinski definition) is 0. The number of para-hydroxylation sites is 2. The third-order valence-corrected chi connectivity index (χ3v) is 5.27. The largest absolute Gasteiger partial charge is 0.490 e. The van der Waals surface area contributed by atoms with E-state index in [2.05, 4.69) is 4.98 Å². The second-order valence-electron chi connectivity index (χ2n) is 5.99. The molecule has 0 aliphatic carbocycles. The number of fused-ring (bicyclic) bond motifs is 3. The highest BCUT2D eigenvalue weighted by atomic mass is 35.5. The monoisotopic (exact) mass is 414 g/mol. The Balaban J connectivity index is 1.88. The molecule has 0 fully saturated rings. The molecule has 4 aromatic rings. The van der Waals surface area contributed by atoms with Gasteiger partial charge in [0.05, 0.1) is 27.2 Å². The second kappa shape index (κ2) is 7.26. The number of aromatic nitrogens is 2. The van der Waals surface area contributed by atoms with Crippen molar-refractivity contribution in [2.75, 3.05) is 6.61 Å². The van der Waals surface area contributed by atoms with Gasteiger partial charge in [0.25, 0.3) is 5.56 Å². The van der Waals surface area contributed by atoms with Gasteiger partial charge in [0, 0.05) is 6.92 Å². The summed E-state index contributed by atoms with van der Waals surface area (Å²) in [6.45, 7) is 3.48. The van der Waals surface area contributed by atoms with E-state index in [-0.39, 0.29) is 16.3 Å². The molecule has 0 aliphatic rings. The predicted octanol–water partition coefficient (Wildman–Crippen LogP) is 3.43. The number of esters is 1. The number of nitrogens with zero attached hydrogens (tertiary/aromatic N) is 2. The minimum absolute atomic E-state index is 0.146. The van der Waals surface area contributed by atoms with E-state index in [9.17, 15) is 9.59 Å². The molecule has 0 bridgehead atoms. The highest BCUT2D eigenvalue weighted by molar-refractivity contribution is 7.15. The number of carbonyl (C=O) groups is 1. The molecule has 2 aromatic heterocycles. The first-order valence-electron chi connectivity index (χ1n) is 8.54. The van der Waals surface area contributed by atoms with Crippen molar-refractivity contribution in [3.05, 3.63) is 61.9 Å². The Labute approximate surface area is 168 Å². The van der Waals surface area contributed by atoms with E-state index in [1.165, 1.54) is 18.3 Å². The van der Waals surface area contributed by atoms with Crippen molar-refractivity contribution in [2.24, 2.45) is 0 Å². The van der Waals surface area contributed by atoms with E-state index >= 15 is 0 Å². The molecule has 4 rings (SSSR count). The molecule has 0 saturated carbocycles. The number of carbonyl (C=O) groups excluding carboxylic acids is 1. The third kappa shape index (κ3) is 3.23. The minimum atomic E-state index is -0.493. The van der Waals surface area contributed by atoms with Crippen molar-refractivity contribution in [2.45, 2.75) is 13.8 Å². The molecule has 8 heteroatoms. The number of benzene rings is 2. The van der Waals surface area contributed by atoms with E-state index in [0.717, 1.165) is 11.0 Å². The standard InChI is InChI=1S/C20H15ClN2O4S/c1-3-26-16-9-12(8-13(21)18(16)27-11(2)24)10-17-19(25)23-15-7-5-4-6-14(15)22-20(23)28-17/h4-10H,3H2,1-2H3/b17-10+. The summed E-state index contributed by atoms with van der Waals surface area (Å²) in [4.78, 5) is 29.3. The molecular weight excluding hydrogens is 400 g/mol. The topological polar surface area (TPSA) is 69.9 Å². The molecule has 0 spiro atoms. The third-order valence-electron chi connectivity index (χ3n) is 4.02. The molecule has 142 valence electrons. The smallest absolute Gasteiger partial charge is 0.308 e. The summed E-state index contributed by atoms with van der Waals surface area (Å²) in [6, 6.07) is 10.8. The fourth-order valence-corrected chi connectivity index (χ4v) is 4.18. The molecule has 0 amide bonds. The van der Waals surface area contributed by atoms with Gasteiger partial charge in [0.15, 0.2) is 16.5 Å².